The average molecular weight is 294 g/mol. The summed E-state index contributed by atoms with van der Waals surface area (Å²) in [6, 6.07) is 11.6. The lowest BCUT2D eigenvalue weighted by Crippen LogP contribution is -2.29. The molecule has 4 heteroatoms. The molecular formula is C16H17ClFNO. The molecule has 0 saturated carbocycles. The van der Waals surface area contributed by atoms with E-state index in [2.05, 4.69) is 0 Å². The maximum absolute atomic E-state index is 13.9. The van der Waals surface area contributed by atoms with E-state index in [-0.39, 0.29) is 11.9 Å². The van der Waals surface area contributed by atoms with E-state index in [9.17, 15) is 4.39 Å². The van der Waals surface area contributed by atoms with Gasteiger partial charge < -0.3 is 10.5 Å². The summed E-state index contributed by atoms with van der Waals surface area (Å²) in [6.07, 6.45) is -0.587. The quantitative estimate of drug-likeness (QED) is 0.914. The van der Waals surface area contributed by atoms with Crippen LogP contribution in [0, 0.1) is 12.7 Å². The number of ether oxygens (including phenoxy) is 1. The molecule has 106 valence electrons. The normalized spacial score (nSPS) is 13.8. The third kappa shape index (κ3) is 3.30. The molecular weight excluding hydrogens is 277 g/mol. The van der Waals surface area contributed by atoms with Crippen molar-refractivity contribution in [1.82, 2.24) is 0 Å². The molecule has 0 saturated heterocycles. The van der Waals surface area contributed by atoms with Gasteiger partial charge in [-0.25, -0.2) is 4.39 Å². The van der Waals surface area contributed by atoms with E-state index in [0.29, 0.717) is 16.3 Å². The van der Waals surface area contributed by atoms with Gasteiger partial charge in [0.2, 0.25) is 0 Å². The Morgan fingerprint density at radius 1 is 1.20 bits per heavy atom. The second kappa shape index (κ2) is 6.25. The molecule has 2 rings (SSSR count). The molecule has 2 N–H and O–H groups in total. The molecule has 2 atom stereocenters. The smallest absolute Gasteiger partial charge is 0.141 e. The molecule has 0 spiro atoms. The Morgan fingerprint density at radius 3 is 2.50 bits per heavy atom. The van der Waals surface area contributed by atoms with Crippen molar-refractivity contribution in [3.63, 3.8) is 0 Å². The topological polar surface area (TPSA) is 35.2 Å². The Balaban J connectivity index is 2.33. The van der Waals surface area contributed by atoms with Crippen molar-refractivity contribution in [3.8, 4) is 5.75 Å². The lowest BCUT2D eigenvalue weighted by molar-refractivity contribution is 0.176. The first-order chi connectivity index (χ1) is 9.49. The van der Waals surface area contributed by atoms with Crippen LogP contribution < -0.4 is 10.5 Å². The first-order valence-corrected chi connectivity index (χ1v) is 6.79. The van der Waals surface area contributed by atoms with Crippen molar-refractivity contribution in [1.29, 1.82) is 0 Å². The van der Waals surface area contributed by atoms with Gasteiger partial charge in [-0.05, 0) is 37.6 Å². The minimum Gasteiger partial charge on any atom is -0.482 e. The fourth-order valence-electron chi connectivity index (χ4n) is 2.00. The molecule has 2 aromatic rings. The largest absolute Gasteiger partial charge is 0.482 e. The van der Waals surface area contributed by atoms with Crippen molar-refractivity contribution in [2.75, 3.05) is 0 Å². The molecule has 2 nitrogen and oxygen atoms in total. The summed E-state index contributed by atoms with van der Waals surface area (Å²) < 4.78 is 19.7. The molecule has 2 aromatic carbocycles. The second-order valence-corrected chi connectivity index (χ2v) is 5.26. The van der Waals surface area contributed by atoms with Crippen LogP contribution in [0.2, 0.25) is 5.02 Å². The second-order valence-electron chi connectivity index (χ2n) is 4.85. The van der Waals surface area contributed by atoms with E-state index in [0.717, 1.165) is 5.56 Å². The number of halogens is 2. The fraction of sp³-hybridized carbons (Fsp3) is 0.250. The zero-order valence-corrected chi connectivity index (χ0v) is 12.2. The summed E-state index contributed by atoms with van der Waals surface area (Å²) in [5.74, 6) is 0.167. The van der Waals surface area contributed by atoms with E-state index in [1.54, 1.807) is 37.3 Å². The lowest BCUT2D eigenvalue weighted by atomic mass is 10.0. The van der Waals surface area contributed by atoms with Gasteiger partial charge in [-0.1, -0.05) is 35.9 Å². The molecule has 0 aliphatic carbocycles. The first-order valence-electron chi connectivity index (χ1n) is 6.42. The molecule has 0 aliphatic rings. The van der Waals surface area contributed by atoms with Crippen molar-refractivity contribution >= 4 is 11.6 Å². The number of aryl methyl sites for hydroxylation is 1. The van der Waals surface area contributed by atoms with E-state index >= 15 is 0 Å². The zero-order chi connectivity index (χ0) is 14.7. The van der Waals surface area contributed by atoms with Crippen molar-refractivity contribution in [2.45, 2.75) is 26.0 Å². The maximum Gasteiger partial charge on any atom is 0.141 e. The predicted octanol–water partition coefficient (Wildman–Crippen LogP) is 4.25. The highest BCUT2D eigenvalue weighted by molar-refractivity contribution is 6.32. The Labute approximate surface area is 123 Å². The summed E-state index contributed by atoms with van der Waals surface area (Å²) >= 11 is 6.15. The summed E-state index contributed by atoms with van der Waals surface area (Å²) in [5, 5.41) is 0.493. The van der Waals surface area contributed by atoms with Gasteiger partial charge in [-0.15, -0.1) is 0 Å². The lowest BCUT2D eigenvalue weighted by Gasteiger charge is -2.24. The molecule has 0 amide bonds. The number of nitrogens with two attached hydrogens (primary N) is 1. The van der Waals surface area contributed by atoms with E-state index < -0.39 is 6.10 Å². The van der Waals surface area contributed by atoms with Crippen LogP contribution in [-0.4, -0.2) is 6.04 Å². The number of hydrogen-bond acceptors (Lipinski definition) is 2. The standard InChI is InChI=1S/C16H17ClFNO/c1-10-7-8-15(13(17)9-10)20-16(11(2)19)12-5-3-4-6-14(12)18/h3-9,11,16H,19H2,1-2H3. The van der Waals surface area contributed by atoms with Gasteiger partial charge in [0.05, 0.1) is 5.02 Å². The Hall–Kier alpha value is -1.58. The van der Waals surface area contributed by atoms with E-state index in [1.165, 1.54) is 6.07 Å². The van der Waals surface area contributed by atoms with Crippen LogP contribution >= 0.6 is 11.6 Å². The third-order valence-corrected chi connectivity index (χ3v) is 3.33. The SMILES string of the molecule is Cc1ccc(OC(c2ccccc2F)C(C)N)c(Cl)c1. The average Bonchev–Trinajstić information content (AvgIpc) is 2.39. The minimum absolute atomic E-state index is 0.335. The summed E-state index contributed by atoms with van der Waals surface area (Å²) in [4.78, 5) is 0. The monoisotopic (exact) mass is 293 g/mol. The molecule has 0 bridgehead atoms. The molecule has 2 unspecified atom stereocenters. The Morgan fingerprint density at radius 2 is 1.90 bits per heavy atom. The molecule has 0 aliphatic heterocycles. The number of benzene rings is 2. The molecule has 0 aromatic heterocycles. The highest BCUT2D eigenvalue weighted by atomic mass is 35.5. The van der Waals surface area contributed by atoms with Crippen LogP contribution in [0.1, 0.15) is 24.2 Å². The van der Waals surface area contributed by atoms with Crippen LogP contribution in [0.3, 0.4) is 0 Å². The van der Waals surface area contributed by atoms with Gasteiger partial charge in [-0.2, -0.15) is 0 Å². The van der Waals surface area contributed by atoms with Gasteiger partial charge in [0.25, 0.3) is 0 Å². The Kier molecular flexibility index (Phi) is 4.63. The summed E-state index contributed by atoms with van der Waals surface area (Å²) in [5.41, 5.74) is 7.39. The van der Waals surface area contributed by atoms with Crippen LogP contribution in [0.4, 0.5) is 4.39 Å². The zero-order valence-electron chi connectivity index (χ0n) is 11.4. The van der Waals surface area contributed by atoms with Gasteiger partial charge in [0.1, 0.15) is 17.7 Å². The summed E-state index contributed by atoms with van der Waals surface area (Å²) in [6.45, 7) is 3.72. The van der Waals surface area contributed by atoms with Crippen molar-refractivity contribution in [2.24, 2.45) is 5.73 Å². The predicted molar refractivity (Wildman–Crippen MR) is 79.6 cm³/mol. The maximum atomic E-state index is 13.9. The van der Waals surface area contributed by atoms with Crippen LogP contribution in [0.25, 0.3) is 0 Å². The van der Waals surface area contributed by atoms with Gasteiger partial charge in [-0.3, -0.25) is 0 Å². The van der Waals surface area contributed by atoms with Gasteiger partial charge in [0.15, 0.2) is 0 Å². The van der Waals surface area contributed by atoms with Crippen molar-refractivity contribution < 1.29 is 9.13 Å². The van der Waals surface area contributed by atoms with E-state index in [1.807, 2.05) is 13.0 Å². The van der Waals surface area contributed by atoms with Crippen LogP contribution in [-0.2, 0) is 0 Å². The third-order valence-electron chi connectivity index (χ3n) is 3.03. The van der Waals surface area contributed by atoms with Crippen molar-refractivity contribution in [3.05, 3.63) is 64.4 Å². The Bertz CT molecular complexity index is 601. The van der Waals surface area contributed by atoms with E-state index in [4.69, 9.17) is 22.1 Å². The molecule has 20 heavy (non-hydrogen) atoms. The molecule has 0 radical (unpaired) electrons. The number of rotatable bonds is 4. The highest BCUT2D eigenvalue weighted by Crippen LogP contribution is 2.31. The number of hydrogen-bond donors (Lipinski definition) is 1. The van der Waals surface area contributed by atoms with Crippen LogP contribution in [0.15, 0.2) is 42.5 Å². The van der Waals surface area contributed by atoms with Gasteiger partial charge >= 0.3 is 0 Å². The minimum atomic E-state index is -0.587. The fourth-order valence-corrected chi connectivity index (χ4v) is 2.28. The highest BCUT2D eigenvalue weighted by Gasteiger charge is 2.22. The van der Waals surface area contributed by atoms with Crippen LogP contribution in [0.5, 0.6) is 5.75 Å². The first kappa shape index (κ1) is 14.8. The molecule has 0 fully saturated rings. The molecule has 0 heterocycles. The summed E-state index contributed by atoms with van der Waals surface area (Å²) in [7, 11) is 0. The van der Waals surface area contributed by atoms with Gasteiger partial charge in [0, 0.05) is 11.6 Å².